The largest absolute Gasteiger partial charge is 0.299 e. The van der Waals surface area contributed by atoms with E-state index in [2.05, 4.69) is 0 Å². The fourth-order valence-corrected chi connectivity index (χ4v) is 5.08. The van der Waals surface area contributed by atoms with Crippen LogP contribution in [0.2, 0.25) is 0 Å². The van der Waals surface area contributed by atoms with E-state index in [0.717, 1.165) is 0 Å². The van der Waals surface area contributed by atoms with E-state index in [-0.39, 0.29) is 0 Å². The van der Waals surface area contributed by atoms with Gasteiger partial charge in [0, 0.05) is 16.2 Å². The smallest absolute Gasteiger partial charge is 0.274 e. The van der Waals surface area contributed by atoms with E-state index in [1.165, 1.54) is 0 Å². The maximum atomic E-state index is 13.2. The molecule has 0 saturated carbocycles. The van der Waals surface area contributed by atoms with Gasteiger partial charge < -0.3 is 0 Å². The molecule has 0 rings (SSSR count). The van der Waals surface area contributed by atoms with E-state index in [0.29, 0.717) is 0 Å². The van der Waals surface area contributed by atoms with Gasteiger partial charge in [-0.15, -0.1) is 0 Å². The van der Waals surface area contributed by atoms with Crippen molar-refractivity contribution in [3.05, 3.63) is 0 Å². The monoisotopic (exact) mass is 302 g/mol. The minimum absolute atomic E-state index is 0.746. The van der Waals surface area contributed by atoms with Gasteiger partial charge in [-0.1, -0.05) is 62.3 Å². The SMILES string of the molecule is CC(C)(C)C(=O)P(=O)(C(=O)C(C)(C)C)C(=O)C(C)(C)C. The lowest BCUT2D eigenvalue weighted by Crippen LogP contribution is -2.36. The molecule has 0 atom stereocenters. The summed E-state index contributed by atoms with van der Waals surface area (Å²) in [6.45, 7) is 14.2. The summed E-state index contributed by atoms with van der Waals surface area (Å²) in [5.74, 6) is 0. The van der Waals surface area contributed by atoms with Crippen LogP contribution in [0.1, 0.15) is 62.3 Å². The summed E-state index contributed by atoms with van der Waals surface area (Å²) >= 11 is 0. The van der Waals surface area contributed by atoms with Crippen LogP contribution in [0.15, 0.2) is 0 Å². The maximum absolute atomic E-state index is 13.2. The Balaban J connectivity index is 6.27. The summed E-state index contributed by atoms with van der Waals surface area (Å²) in [5.41, 5.74) is -5.24. The maximum Gasteiger partial charge on any atom is 0.274 e. The van der Waals surface area contributed by atoms with Crippen molar-refractivity contribution in [1.29, 1.82) is 0 Å². The molecule has 0 N–H and O–H groups in total. The molecule has 0 aliphatic heterocycles. The number of rotatable bonds is 3. The zero-order chi connectivity index (χ0) is 16.7. The van der Waals surface area contributed by atoms with Crippen molar-refractivity contribution in [3.63, 3.8) is 0 Å². The third-order valence-corrected chi connectivity index (χ3v) is 6.51. The Labute approximate surface area is 122 Å². The van der Waals surface area contributed by atoms with Crippen LogP contribution in [0, 0.1) is 16.2 Å². The topological polar surface area (TPSA) is 68.3 Å². The van der Waals surface area contributed by atoms with Crippen molar-refractivity contribution < 1.29 is 18.9 Å². The second-order valence-corrected chi connectivity index (χ2v) is 10.7. The molecule has 4 nitrogen and oxygen atoms in total. The lowest BCUT2D eigenvalue weighted by Gasteiger charge is -2.31. The number of hydrogen-bond acceptors (Lipinski definition) is 4. The quantitative estimate of drug-likeness (QED) is 0.737. The lowest BCUT2D eigenvalue weighted by atomic mass is 9.98. The molecular weight excluding hydrogens is 275 g/mol. The first-order valence-corrected chi connectivity index (χ1v) is 8.42. The van der Waals surface area contributed by atoms with Gasteiger partial charge in [-0.2, -0.15) is 0 Å². The normalized spacial score (nSPS) is 14.1. The van der Waals surface area contributed by atoms with E-state index in [4.69, 9.17) is 0 Å². The highest BCUT2D eigenvalue weighted by Crippen LogP contribution is 2.60. The molecule has 0 aliphatic carbocycles. The number of hydrogen-bond donors (Lipinski definition) is 0. The van der Waals surface area contributed by atoms with Crippen LogP contribution in [-0.4, -0.2) is 16.6 Å². The third-order valence-electron chi connectivity index (χ3n) is 2.78. The molecule has 0 aromatic heterocycles. The Bertz CT molecular complexity index is 410. The van der Waals surface area contributed by atoms with Gasteiger partial charge in [-0.05, 0) is 0 Å². The van der Waals surface area contributed by atoms with Gasteiger partial charge in [-0.3, -0.25) is 18.9 Å². The molecule has 0 aliphatic rings. The van der Waals surface area contributed by atoms with Crippen molar-refractivity contribution in [2.24, 2.45) is 16.2 Å². The Morgan fingerprint density at radius 2 is 0.700 bits per heavy atom. The van der Waals surface area contributed by atoms with Crippen molar-refractivity contribution in [3.8, 4) is 0 Å². The van der Waals surface area contributed by atoms with Crippen molar-refractivity contribution in [1.82, 2.24) is 0 Å². The van der Waals surface area contributed by atoms with E-state index in [9.17, 15) is 18.9 Å². The molecule has 116 valence electrons. The van der Waals surface area contributed by atoms with Gasteiger partial charge in [0.15, 0.2) is 0 Å². The summed E-state index contributed by atoms with van der Waals surface area (Å²) in [7, 11) is -4.27. The Hall–Kier alpha value is -0.760. The predicted octanol–water partition coefficient (Wildman–Crippen LogP) is 4.07. The molecule has 0 radical (unpaired) electrons. The van der Waals surface area contributed by atoms with Crippen LogP contribution in [0.5, 0.6) is 0 Å². The molecule has 5 heteroatoms. The summed E-state index contributed by atoms with van der Waals surface area (Å²) in [5, 5.41) is 0. The molecule has 0 unspecified atom stereocenters. The molecule has 20 heavy (non-hydrogen) atoms. The van der Waals surface area contributed by atoms with Crippen LogP contribution in [0.25, 0.3) is 0 Å². The number of carbonyl (C=O) groups excluding carboxylic acids is 3. The highest BCUT2D eigenvalue weighted by atomic mass is 31.2. The minimum atomic E-state index is -4.27. The van der Waals surface area contributed by atoms with Gasteiger partial charge in [-0.25, -0.2) is 0 Å². The van der Waals surface area contributed by atoms with Crippen molar-refractivity contribution in [2.75, 3.05) is 0 Å². The van der Waals surface area contributed by atoms with Crippen molar-refractivity contribution >= 4 is 23.7 Å². The third kappa shape index (κ3) is 3.66. The highest BCUT2D eigenvalue weighted by molar-refractivity contribution is 8.06. The van der Waals surface area contributed by atoms with Crippen LogP contribution in [0.3, 0.4) is 0 Å². The second-order valence-electron chi connectivity index (χ2n) is 8.27. The molecule has 0 bridgehead atoms. The number of carbonyl (C=O) groups is 3. The van der Waals surface area contributed by atoms with Crippen LogP contribution in [0.4, 0.5) is 0 Å². The molecule has 0 aromatic rings. The van der Waals surface area contributed by atoms with Gasteiger partial charge in [0.05, 0.1) is 0 Å². The molecule has 0 amide bonds. The first-order chi connectivity index (χ1) is 8.46. The van der Waals surface area contributed by atoms with Crippen LogP contribution >= 0.6 is 7.14 Å². The Kier molecular flexibility index (Phi) is 5.02. The van der Waals surface area contributed by atoms with E-state index in [1.54, 1.807) is 62.3 Å². The fraction of sp³-hybridized carbons (Fsp3) is 0.800. The van der Waals surface area contributed by atoms with Crippen molar-refractivity contribution in [2.45, 2.75) is 62.3 Å². The average molecular weight is 302 g/mol. The van der Waals surface area contributed by atoms with Crippen LogP contribution < -0.4 is 0 Å². The summed E-state index contributed by atoms with van der Waals surface area (Å²) in [4.78, 5) is 37.7. The van der Waals surface area contributed by atoms with Gasteiger partial charge in [0.1, 0.15) is 0 Å². The summed E-state index contributed by atoms with van der Waals surface area (Å²) < 4.78 is 13.2. The first-order valence-electron chi connectivity index (χ1n) is 6.72. The Morgan fingerprint density at radius 3 is 0.800 bits per heavy atom. The van der Waals surface area contributed by atoms with Gasteiger partial charge >= 0.3 is 0 Å². The minimum Gasteiger partial charge on any atom is -0.299 e. The Morgan fingerprint density at radius 1 is 0.550 bits per heavy atom. The zero-order valence-electron chi connectivity index (χ0n) is 14.1. The van der Waals surface area contributed by atoms with Gasteiger partial charge in [0.25, 0.3) is 7.14 Å². The molecule has 0 fully saturated rings. The van der Waals surface area contributed by atoms with E-state index >= 15 is 0 Å². The zero-order valence-corrected chi connectivity index (χ0v) is 15.0. The van der Waals surface area contributed by atoms with E-state index < -0.39 is 40.0 Å². The first kappa shape index (κ1) is 19.2. The molecule has 0 heterocycles. The molecular formula is C15H27O4P. The summed E-state index contributed by atoms with van der Waals surface area (Å²) in [6, 6.07) is 0. The standard InChI is InChI=1S/C15H27O4P/c1-13(2,3)10(16)20(19,11(17)14(4,5)6)12(18)15(7,8)9/h1-9H3. The molecule has 0 spiro atoms. The highest BCUT2D eigenvalue weighted by Gasteiger charge is 2.56. The second kappa shape index (κ2) is 5.22. The molecule has 0 aromatic carbocycles. The van der Waals surface area contributed by atoms with Crippen LogP contribution in [-0.2, 0) is 18.9 Å². The van der Waals surface area contributed by atoms with Gasteiger partial charge in [0.2, 0.25) is 16.6 Å². The average Bonchev–Trinajstić information content (AvgIpc) is 2.21. The lowest BCUT2D eigenvalue weighted by molar-refractivity contribution is -0.125. The predicted molar refractivity (Wildman–Crippen MR) is 81.0 cm³/mol. The molecule has 0 saturated heterocycles. The summed E-state index contributed by atoms with van der Waals surface area (Å²) in [6.07, 6.45) is 0. The van der Waals surface area contributed by atoms with E-state index in [1.807, 2.05) is 0 Å². The fourth-order valence-electron chi connectivity index (χ4n) is 1.69.